The molecular formula is C19H25NS. The Labute approximate surface area is 132 Å². The molecule has 1 aliphatic rings. The molecule has 1 N–H and O–H groups in total. The molecule has 0 bridgehead atoms. The minimum atomic E-state index is 0.526. The zero-order chi connectivity index (χ0) is 14.5. The van der Waals surface area contributed by atoms with E-state index < -0.39 is 0 Å². The van der Waals surface area contributed by atoms with Gasteiger partial charge in [0.25, 0.3) is 0 Å². The molecule has 112 valence electrons. The topological polar surface area (TPSA) is 12.0 Å². The highest BCUT2D eigenvalue weighted by Gasteiger charge is 2.25. The Kier molecular flexibility index (Phi) is 4.77. The Morgan fingerprint density at radius 1 is 1.05 bits per heavy atom. The molecule has 2 heteroatoms. The van der Waals surface area contributed by atoms with Crippen LogP contribution < -0.4 is 5.32 Å². The molecule has 21 heavy (non-hydrogen) atoms. The van der Waals surface area contributed by atoms with E-state index in [-0.39, 0.29) is 0 Å². The molecule has 0 atom stereocenters. The van der Waals surface area contributed by atoms with Crippen molar-refractivity contribution in [1.29, 1.82) is 0 Å². The monoisotopic (exact) mass is 299 g/mol. The van der Waals surface area contributed by atoms with E-state index in [1.54, 1.807) is 0 Å². The Morgan fingerprint density at radius 3 is 2.57 bits per heavy atom. The molecule has 3 rings (SSSR count). The van der Waals surface area contributed by atoms with E-state index in [0.29, 0.717) is 5.41 Å². The van der Waals surface area contributed by atoms with E-state index in [9.17, 15) is 0 Å². The van der Waals surface area contributed by atoms with Gasteiger partial charge in [-0.1, -0.05) is 56.5 Å². The predicted octanol–water partition coefficient (Wildman–Crippen LogP) is 5.48. The Bertz CT molecular complexity index is 552. The van der Waals surface area contributed by atoms with Gasteiger partial charge in [-0.2, -0.15) is 0 Å². The highest BCUT2D eigenvalue weighted by molar-refractivity contribution is 7.10. The molecular weight excluding hydrogens is 274 g/mol. The van der Waals surface area contributed by atoms with Crippen molar-refractivity contribution in [2.24, 2.45) is 5.41 Å². The average molecular weight is 299 g/mol. The lowest BCUT2D eigenvalue weighted by molar-refractivity contribution is 0.208. The van der Waals surface area contributed by atoms with Gasteiger partial charge in [0.2, 0.25) is 0 Å². The maximum absolute atomic E-state index is 3.69. The predicted molar refractivity (Wildman–Crippen MR) is 92.7 cm³/mol. The van der Waals surface area contributed by atoms with Crippen molar-refractivity contribution in [3.05, 3.63) is 46.7 Å². The lowest BCUT2D eigenvalue weighted by Crippen LogP contribution is -2.33. The van der Waals surface area contributed by atoms with Crippen LogP contribution >= 0.6 is 11.3 Å². The normalized spacial score (nSPS) is 17.8. The molecule has 1 nitrogen and oxygen atoms in total. The molecule has 0 spiro atoms. The third-order valence-corrected chi connectivity index (χ3v) is 5.61. The molecule has 0 amide bonds. The minimum absolute atomic E-state index is 0.526. The van der Waals surface area contributed by atoms with Gasteiger partial charge in [0, 0.05) is 18.0 Å². The third kappa shape index (κ3) is 3.96. The number of hydrogen-bond acceptors (Lipinski definition) is 2. The fourth-order valence-electron chi connectivity index (χ4n) is 3.32. The van der Waals surface area contributed by atoms with E-state index in [0.717, 1.165) is 13.1 Å². The molecule has 1 aromatic carbocycles. The van der Waals surface area contributed by atoms with Crippen molar-refractivity contribution in [3.63, 3.8) is 0 Å². The molecule has 0 aliphatic heterocycles. The maximum Gasteiger partial charge on any atom is 0.0300 e. The second-order valence-electron chi connectivity index (χ2n) is 6.64. The van der Waals surface area contributed by atoms with Gasteiger partial charge >= 0.3 is 0 Å². The lowest BCUT2D eigenvalue weighted by atomic mass is 9.76. The van der Waals surface area contributed by atoms with Gasteiger partial charge in [-0.25, -0.2) is 0 Å². The standard InChI is InChI=1S/C19H25NS/c1-19(10-6-3-7-11-19)15-20-13-18-12-17(14-21-18)16-8-4-2-5-9-16/h2,4-5,8-9,12,14,20H,3,6-7,10-11,13,15H2,1H3. The molecule has 0 unspecified atom stereocenters. The van der Waals surface area contributed by atoms with Crippen molar-refractivity contribution in [1.82, 2.24) is 5.32 Å². The van der Waals surface area contributed by atoms with Crippen LogP contribution in [0.5, 0.6) is 0 Å². The van der Waals surface area contributed by atoms with Crippen molar-refractivity contribution < 1.29 is 0 Å². The molecule has 1 aliphatic carbocycles. The molecule has 1 aromatic heterocycles. The van der Waals surface area contributed by atoms with Crippen molar-refractivity contribution >= 4 is 11.3 Å². The van der Waals surface area contributed by atoms with E-state index in [4.69, 9.17) is 0 Å². The summed E-state index contributed by atoms with van der Waals surface area (Å²) in [7, 11) is 0. The van der Waals surface area contributed by atoms with Gasteiger partial charge in [-0.3, -0.25) is 0 Å². The Morgan fingerprint density at radius 2 is 1.81 bits per heavy atom. The minimum Gasteiger partial charge on any atom is -0.311 e. The van der Waals surface area contributed by atoms with Crippen LogP contribution in [0.2, 0.25) is 0 Å². The van der Waals surface area contributed by atoms with Gasteiger partial charge in [0.05, 0.1) is 0 Å². The summed E-state index contributed by atoms with van der Waals surface area (Å²) < 4.78 is 0. The molecule has 1 fully saturated rings. The zero-order valence-corrected chi connectivity index (χ0v) is 13.7. The first-order valence-corrected chi connectivity index (χ1v) is 8.97. The Balaban J connectivity index is 1.53. The summed E-state index contributed by atoms with van der Waals surface area (Å²) >= 11 is 1.87. The number of benzene rings is 1. The van der Waals surface area contributed by atoms with E-state index >= 15 is 0 Å². The first-order valence-electron chi connectivity index (χ1n) is 8.09. The zero-order valence-electron chi connectivity index (χ0n) is 12.9. The molecule has 0 radical (unpaired) electrons. The summed E-state index contributed by atoms with van der Waals surface area (Å²) in [5, 5.41) is 5.96. The van der Waals surface area contributed by atoms with E-state index in [2.05, 4.69) is 54.0 Å². The smallest absolute Gasteiger partial charge is 0.0300 e. The SMILES string of the molecule is CC1(CNCc2cc(-c3ccccc3)cs2)CCCCC1. The first kappa shape index (κ1) is 14.8. The summed E-state index contributed by atoms with van der Waals surface area (Å²) in [6, 6.07) is 13.0. The third-order valence-electron chi connectivity index (χ3n) is 4.67. The quantitative estimate of drug-likeness (QED) is 0.771. The van der Waals surface area contributed by atoms with E-state index in [1.165, 1.54) is 48.1 Å². The average Bonchev–Trinajstić information content (AvgIpc) is 2.98. The molecule has 1 heterocycles. The number of hydrogen-bond donors (Lipinski definition) is 1. The van der Waals surface area contributed by atoms with Crippen LogP contribution in [-0.2, 0) is 6.54 Å². The summed E-state index contributed by atoms with van der Waals surface area (Å²) in [6.07, 6.45) is 7.03. The molecule has 2 aromatic rings. The van der Waals surface area contributed by atoms with Crippen LogP contribution in [0, 0.1) is 5.41 Å². The lowest BCUT2D eigenvalue weighted by Gasteiger charge is -2.33. The van der Waals surface area contributed by atoms with Gasteiger partial charge in [-0.15, -0.1) is 11.3 Å². The number of nitrogens with one attached hydrogen (secondary N) is 1. The summed E-state index contributed by atoms with van der Waals surface area (Å²) in [4.78, 5) is 1.44. The van der Waals surface area contributed by atoms with E-state index in [1.807, 2.05) is 11.3 Å². The van der Waals surface area contributed by atoms with Crippen LogP contribution in [0.15, 0.2) is 41.8 Å². The fourth-order valence-corrected chi connectivity index (χ4v) is 4.19. The fraction of sp³-hybridized carbons (Fsp3) is 0.474. The van der Waals surface area contributed by atoms with Crippen LogP contribution in [0.3, 0.4) is 0 Å². The first-order chi connectivity index (χ1) is 10.3. The number of rotatable bonds is 5. The summed E-state index contributed by atoms with van der Waals surface area (Å²) in [5.41, 5.74) is 3.19. The van der Waals surface area contributed by atoms with Gasteiger partial charge < -0.3 is 5.32 Å². The van der Waals surface area contributed by atoms with Gasteiger partial charge in [0.1, 0.15) is 0 Å². The van der Waals surface area contributed by atoms with Crippen LogP contribution in [0.1, 0.15) is 43.9 Å². The van der Waals surface area contributed by atoms with Crippen molar-refractivity contribution in [3.8, 4) is 11.1 Å². The summed E-state index contributed by atoms with van der Waals surface area (Å²) in [6.45, 7) is 4.61. The highest BCUT2D eigenvalue weighted by atomic mass is 32.1. The molecule has 0 saturated heterocycles. The van der Waals surface area contributed by atoms with Gasteiger partial charge in [-0.05, 0) is 40.8 Å². The summed E-state index contributed by atoms with van der Waals surface area (Å²) in [5.74, 6) is 0. The Hall–Kier alpha value is -1.12. The molecule has 1 saturated carbocycles. The van der Waals surface area contributed by atoms with Crippen LogP contribution in [-0.4, -0.2) is 6.54 Å². The maximum atomic E-state index is 3.69. The van der Waals surface area contributed by atoms with Crippen LogP contribution in [0.25, 0.3) is 11.1 Å². The second kappa shape index (κ2) is 6.76. The highest BCUT2D eigenvalue weighted by Crippen LogP contribution is 2.35. The second-order valence-corrected chi connectivity index (χ2v) is 7.64. The van der Waals surface area contributed by atoms with Gasteiger partial charge in [0.15, 0.2) is 0 Å². The van der Waals surface area contributed by atoms with Crippen molar-refractivity contribution in [2.45, 2.75) is 45.6 Å². The number of thiophene rings is 1. The largest absolute Gasteiger partial charge is 0.311 e. The van der Waals surface area contributed by atoms with Crippen LogP contribution in [0.4, 0.5) is 0 Å². The van der Waals surface area contributed by atoms with Crippen molar-refractivity contribution in [2.75, 3.05) is 6.54 Å².